The van der Waals surface area contributed by atoms with Gasteiger partial charge in [0.25, 0.3) is 0 Å². The molecule has 1 aliphatic heterocycles. The van der Waals surface area contributed by atoms with E-state index in [4.69, 9.17) is 4.74 Å². The van der Waals surface area contributed by atoms with E-state index in [1.807, 2.05) is 0 Å². The molecule has 3 nitrogen and oxygen atoms in total. The lowest BCUT2D eigenvalue weighted by atomic mass is 9.87. The minimum atomic E-state index is 0.111. The highest BCUT2D eigenvalue weighted by molar-refractivity contribution is 7.07. The Morgan fingerprint density at radius 2 is 2.16 bits per heavy atom. The number of morpholine rings is 1. The van der Waals surface area contributed by atoms with E-state index in [9.17, 15) is 0 Å². The Balaban J connectivity index is 2.15. The van der Waals surface area contributed by atoms with Crippen molar-refractivity contribution >= 4 is 11.3 Å². The summed E-state index contributed by atoms with van der Waals surface area (Å²) in [4.78, 5) is 2.56. The van der Waals surface area contributed by atoms with E-state index in [1.165, 1.54) is 12.0 Å². The zero-order valence-electron chi connectivity index (χ0n) is 12.3. The molecular weight excluding hydrogens is 256 g/mol. The van der Waals surface area contributed by atoms with Crippen LogP contribution in [-0.2, 0) is 4.74 Å². The molecule has 1 atom stereocenters. The molecule has 0 radical (unpaired) electrons. The second-order valence-electron chi connectivity index (χ2n) is 5.70. The first-order valence-corrected chi connectivity index (χ1v) is 8.18. The number of nitrogens with one attached hydrogen (secondary N) is 1. The predicted octanol–water partition coefficient (Wildman–Crippen LogP) is 2.90. The molecule has 1 saturated heterocycles. The average molecular weight is 282 g/mol. The van der Waals surface area contributed by atoms with E-state index in [0.717, 1.165) is 32.8 Å². The van der Waals surface area contributed by atoms with Gasteiger partial charge in [-0.05, 0) is 49.2 Å². The Kier molecular flexibility index (Phi) is 5.39. The second kappa shape index (κ2) is 6.84. The zero-order valence-corrected chi connectivity index (χ0v) is 13.1. The van der Waals surface area contributed by atoms with Gasteiger partial charge in [-0.3, -0.25) is 4.90 Å². The third kappa shape index (κ3) is 3.57. The molecule has 108 valence electrons. The van der Waals surface area contributed by atoms with E-state index in [0.29, 0.717) is 6.04 Å². The summed E-state index contributed by atoms with van der Waals surface area (Å²) in [6.07, 6.45) is 1.17. The highest BCUT2D eigenvalue weighted by atomic mass is 32.1. The molecule has 4 heteroatoms. The highest BCUT2D eigenvalue weighted by Crippen LogP contribution is 2.32. The van der Waals surface area contributed by atoms with Crippen molar-refractivity contribution < 1.29 is 4.74 Å². The van der Waals surface area contributed by atoms with Crippen LogP contribution in [0.1, 0.15) is 38.8 Å². The molecule has 0 bridgehead atoms. The van der Waals surface area contributed by atoms with Crippen LogP contribution in [0.25, 0.3) is 0 Å². The van der Waals surface area contributed by atoms with Crippen LogP contribution in [0.15, 0.2) is 16.8 Å². The summed E-state index contributed by atoms with van der Waals surface area (Å²) in [5.74, 6) is 0. The van der Waals surface area contributed by atoms with E-state index < -0.39 is 0 Å². The van der Waals surface area contributed by atoms with Gasteiger partial charge < -0.3 is 10.1 Å². The van der Waals surface area contributed by atoms with Gasteiger partial charge in [0.15, 0.2) is 0 Å². The van der Waals surface area contributed by atoms with Gasteiger partial charge in [0, 0.05) is 18.6 Å². The number of ether oxygens (including phenoxy) is 1. The van der Waals surface area contributed by atoms with Crippen LogP contribution >= 0.6 is 11.3 Å². The van der Waals surface area contributed by atoms with Crippen LogP contribution in [-0.4, -0.2) is 43.3 Å². The minimum Gasteiger partial charge on any atom is -0.379 e. The normalized spacial score (nSPS) is 19.5. The van der Waals surface area contributed by atoms with Gasteiger partial charge >= 0.3 is 0 Å². The Labute approximate surface area is 121 Å². The van der Waals surface area contributed by atoms with Crippen molar-refractivity contribution in [3.8, 4) is 0 Å². The predicted molar refractivity (Wildman–Crippen MR) is 81.8 cm³/mol. The molecular formula is C15H26N2OS. The Morgan fingerprint density at radius 1 is 1.42 bits per heavy atom. The lowest BCUT2D eigenvalue weighted by molar-refractivity contribution is -0.0237. The van der Waals surface area contributed by atoms with E-state index in [2.05, 4.69) is 47.8 Å². The van der Waals surface area contributed by atoms with Crippen LogP contribution in [0, 0.1) is 0 Å². The lowest BCUT2D eigenvalue weighted by Gasteiger charge is -2.46. The molecule has 1 unspecified atom stereocenters. The highest BCUT2D eigenvalue weighted by Gasteiger charge is 2.36. The van der Waals surface area contributed by atoms with Gasteiger partial charge in [0.2, 0.25) is 0 Å². The largest absolute Gasteiger partial charge is 0.379 e. The topological polar surface area (TPSA) is 24.5 Å². The van der Waals surface area contributed by atoms with Crippen molar-refractivity contribution in [1.82, 2.24) is 10.2 Å². The molecule has 0 aliphatic carbocycles. The summed E-state index contributed by atoms with van der Waals surface area (Å²) in [7, 11) is 0. The molecule has 0 spiro atoms. The Morgan fingerprint density at radius 3 is 2.74 bits per heavy atom. The van der Waals surface area contributed by atoms with Crippen LogP contribution in [0.4, 0.5) is 0 Å². The Bertz CT molecular complexity index is 358. The van der Waals surface area contributed by atoms with Gasteiger partial charge in [-0.1, -0.05) is 6.92 Å². The van der Waals surface area contributed by atoms with Crippen LogP contribution in [0.3, 0.4) is 0 Å². The summed E-state index contributed by atoms with van der Waals surface area (Å²) in [6.45, 7) is 11.8. The third-order valence-electron chi connectivity index (χ3n) is 4.01. The minimum absolute atomic E-state index is 0.111. The fourth-order valence-electron chi connectivity index (χ4n) is 2.83. The average Bonchev–Trinajstić information content (AvgIpc) is 2.94. The van der Waals surface area contributed by atoms with Gasteiger partial charge in [0.05, 0.1) is 19.3 Å². The molecule has 0 amide bonds. The molecule has 1 aromatic heterocycles. The molecule has 2 heterocycles. The molecule has 19 heavy (non-hydrogen) atoms. The lowest BCUT2D eigenvalue weighted by Crippen LogP contribution is -2.56. The SMILES string of the molecule is CCCNC(c1ccsc1)C(C)(C)N1CCOCC1. The summed E-state index contributed by atoms with van der Waals surface area (Å²) >= 11 is 1.78. The van der Waals surface area contributed by atoms with Gasteiger partial charge in [-0.15, -0.1) is 0 Å². The van der Waals surface area contributed by atoms with E-state index >= 15 is 0 Å². The van der Waals surface area contributed by atoms with Crippen molar-refractivity contribution in [2.75, 3.05) is 32.8 Å². The van der Waals surface area contributed by atoms with Crippen LogP contribution in [0.5, 0.6) is 0 Å². The first-order valence-electron chi connectivity index (χ1n) is 7.24. The summed E-state index contributed by atoms with van der Waals surface area (Å²) in [5, 5.41) is 8.18. The van der Waals surface area contributed by atoms with Gasteiger partial charge in [0.1, 0.15) is 0 Å². The maximum absolute atomic E-state index is 5.49. The van der Waals surface area contributed by atoms with Crippen LogP contribution < -0.4 is 5.32 Å². The quantitative estimate of drug-likeness (QED) is 0.868. The summed E-state index contributed by atoms with van der Waals surface area (Å²) in [5.41, 5.74) is 1.52. The first-order chi connectivity index (χ1) is 9.16. The fourth-order valence-corrected chi connectivity index (χ4v) is 3.51. The number of hydrogen-bond acceptors (Lipinski definition) is 4. The first kappa shape index (κ1) is 15.0. The monoisotopic (exact) mass is 282 g/mol. The van der Waals surface area contributed by atoms with Gasteiger partial charge in [-0.25, -0.2) is 0 Å². The molecule has 1 fully saturated rings. The molecule has 0 saturated carbocycles. The van der Waals surface area contributed by atoms with Gasteiger partial charge in [-0.2, -0.15) is 11.3 Å². The van der Waals surface area contributed by atoms with E-state index in [-0.39, 0.29) is 5.54 Å². The number of thiophene rings is 1. The van der Waals surface area contributed by atoms with Crippen LogP contribution in [0.2, 0.25) is 0 Å². The summed E-state index contributed by atoms with van der Waals surface area (Å²) in [6, 6.07) is 2.64. The summed E-state index contributed by atoms with van der Waals surface area (Å²) < 4.78 is 5.49. The molecule has 1 N–H and O–H groups in total. The number of rotatable bonds is 6. The van der Waals surface area contributed by atoms with Crippen molar-refractivity contribution in [2.45, 2.75) is 38.8 Å². The van der Waals surface area contributed by atoms with Crippen molar-refractivity contribution in [1.29, 1.82) is 0 Å². The second-order valence-corrected chi connectivity index (χ2v) is 6.48. The van der Waals surface area contributed by atoms with Crippen molar-refractivity contribution in [3.05, 3.63) is 22.4 Å². The standard InChI is InChI=1S/C15H26N2OS/c1-4-6-16-14(13-5-11-19-12-13)15(2,3)17-7-9-18-10-8-17/h5,11-12,14,16H,4,6-10H2,1-3H3. The van der Waals surface area contributed by atoms with Crippen molar-refractivity contribution in [3.63, 3.8) is 0 Å². The molecule has 0 aromatic carbocycles. The maximum Gasteiger partial charge on any atom is 0.0594 e. The zero-order chi connectivity index (χ0) is 13.7. The fraction of sp³-hybridized carbons (Fsp3) is 0.733. The molecule has 1 aliphatic rings. The number of nitrogens with zero attached hydrogens (tertiary/aromatic N) is 1. The third-order valence-corrected chi connectivity index (χ3v) is 4.71. The Hall–Kier alpha value is -0.420. The number of hydrogen-bond donors (Lipinski definition) is 1. The smallest absolute Gasteiger partial charge is 0.0594 e. The van der Waals surface area contributed by atoms with E-state index in [1.54, 1.807) is 11.3 Å². The maximum atomic E-state index is 5.49. The molecule has 1 aromatic rings. The molecule has 2 rings (SSSR count). The van der Waals surface area contributed by atoms with Crippen molar-refractivity contribution in [2.24, 2.45) is 0 Å².